The van der Waals surface area contributed by atoms with Crippen molar-refractivity contribution in [3.8, 4) is 0 Å². The number of benzene rings is 1. The first-order valence-electron chi connectivity index (χ1n) is 10.4. The van der Waals surface area contributed by atoms with Gasteiger partial charge < -0.3 is 4.90 Å². The van der Waals surface area contributed by atoms with Gasteiger partial charge in [-0.3, -0.25) is 4.79 Å². The lowest BCUT2D eigenvalue weighted by molar-refractivity contribution is -0.0565. The van der Waals surface area contributed by atoms with Gasteiger partial charge in [-0.15, -0.1) is 0 Å². The van der Waals surface area contributed by atoms with Gasteiger partial charge in [0.2, 0.25) is 0 Å². The third-order valence-electron chi connectivity index (χ3n) is 6.71. The van der Waals surface area contributed by atoms with Crippen molar-refractivity contribution in [2.45, 2.75) is 39.0 Å². The Bertz CT molecular complexity index is 1000. The van der Waals surface area contributed by atoms with Crippen LogP contribution in [0.25, 0.3) is 5.70 Å². The topological polar surface area (TPSA) is 38.1 Å². The molecule has 0 radical (unpaired) electrons. The molecule has 1 atom stereocenters. The summed E-state index contributed by atoms with van der Waals surface area (Å²) >= 11 is 0. The smallest absolute Gasteiger partial charge is 0.253 e. The summed E-state index contributed by atoms with van der Waals surface area (Å²) in [5.74, 6) is 0.666. The minimum absolute atomic E-state index is 0.00735. The number of hydrogen-bond donors (Lipinski definition) is 0. The molecule has 1 saturated heterocycles. The molecule has 2 aromatic rings. The molecule has 1 unspecified atom stereocenters. The van der Waals surface area contributed by atoms with Crippen molar-refractivity contribution in [1.29, 1.82) is 0 Å². The predicted molar refractivity (Wildman–Crippen MR) is 111 cm³/mol. The first-order valence-corrected chi connectivity index (χ1v) is 10.4. The van der Waals surface area contributed by atoms with Gasteiger partial charge in [-0.05, 0) is 62.6 Å². The number of rotatable bonds is 3. The van der Waals surface area contributed by atoms with Crippen LogP contribution in [0.2, 0.25) is 0 Å². The molecule has 1 aromatic carbocycles. The quantitative estimate of drug-likeness (QED) is 0.755. The molecule has 2 fully saturated rings. The number of amides is 1. The Kier molecular flexibility index (Phi) is 4.23. The first kappa shape index (κ1) is 18.3. The molecule has 2 aliphatic carbocycles. The molecule has 0 bridgehead atoms. The van der Waals surface area contributed by atoms with E-state index in [1.807, 2.05) is 4.90 Å². The predicted octanol–water partition coefficient (Wildman–Crippen LogP) is 4.79. The molecule has 0 N–H and O–H groups in total. The number of hydrogen-bond acceptors (Lipinski definition) is 2. The van der Waals surface area contributed by atoms with Gasteiger partial charge >= 0.3 is 0 Å². The Morgan fingerprint density at radius 1 is 1.21 bits per heavy atom. The van der Waals surface area contributed by atoms with Crippen molar-refractivity contribution in [2.24, 2.45) is 11.3 Å². The lowest BCUT2D eigenvalue weighted by Gasteiger charge is -2.59. The highest BCUT2D eigenvalue weighted by atomic mass is 19.1. The van der Waals surface area contributed by atoms with Crippen molar-refractivity contribution in [1.82, 2.24) is 14.7 Å². The van der Waals surface area contributed by atoms with Gasteiger partial charge in [0.15, 0.2) is 0 Å². The third-order valence-corrected chi connectivity index (χ3v) is 6.71. The van der Waals surface area contributed by atoms with Gasteiger partial charge in [0, 0.05) is 47.3 Å². The van der Waals surface area contributed by atoms with Gasteiger partial charge in [0.1, 0.15) is 5.82 Å². The Morgan fingerprint density at radius 3 is 2.62 bits per heavy atom. The number of nitrogens with zero attached hydrogens (tertiary/aromatic N) is 3. The molecule has 1 amide bonds. The van der Waals surface area contributed by atoms with E-state index in [1.165, 1.54) is 23.5 Å². The van der Waals surface area contributed by atoms with Gasteiger partial charge in [-0.25, -0.2) is 9.07 Å². The third kappa shape index (κ3) is 3.13. The average molecular weight is 391 g/mol. The fourth-order valence-corrected chi connectivity index (χ4v) is 5.17. The highest BCUT2D eigenvalue weighted by Gasteiger charge is 2.54. The number of carbonyl (C=O) groups excluding carboxylic acids is 1. The van der Waals surface area contributed by atoms with E-state index < -0.39 is 0 Å². The first-order chi connectivity index (χ1) is 13.9. The number of aryl methyl sites for hydroxylation is 1. The molecule has 5 heteroatoms. The van der Waals surface area contributed by atoms with E-state index in [4.69, 9.17) is 5.10 Å². The summed E-state index contributed by atoms with van der Waals surface area (Å²) in [7, 11) is 0. The molecule has 2 heterocycles. The molecule has 150 valence electrons. The minimum Gasteiger partial charge on any atom is -0.337 e. The average Bonchev–Trinajstić information content (AvgIpc) is 3.01. The zero-order chi connectivity index (χ0) is 20.2. The highest BCUT2D eigenvalue weighted by molar-refractivity contribution is 5.94. The van der Waals surface area contributed by atoms with E-state index in [0.717, 1.165) is 38.0 Å². The van der Waals surface area contributed by atoms with E-state index in [9.17, 15) is 9.18 Å². The van der Waals surface area contributed by atoms with E-state index in [2.05, 4.69) is 42.8 Å². The number of halogens is 1. The number of aromatic nitrogens is 2. The normalized spacial score (nSPS) is 22.9. The zero-order valence-corrected chi connectivity index (χ0v) is 16.9. The number of allylic oxidation sites excluding steroid dienone is 4. The van der Waals surface area contributed by atoms with Crippen molar-refractivity contribution < 1.29 is 9.18 Å². The van der Waals surface area contributed by atoms with Crippen molar-refractivity contribution in [2.75, 3.05) is 13.1 Å². The largest absolute Gasteiger partial charge is 0.337 e. The summed E-state index contributed by atoms with van der Waals surface area (Å²) in [6.45, 7) is 5.91. The van der Waals surface area contributed by atoms with Crippen LogP contribution in [-0.4, -0.2) is 33.7 Å². The minimum atomic E-state index is -0.312. The van der Waals surface area contributed by atoms with Crippen LogP contribution < -0.4 is 0 Å². The Balaban J connectivity index is 1.26. The fourth-order valence-electron chi connectivity index (χ4n) is 5.17. The maximum atomic E-state index is 13.1. The van der Waals surface area contributed by atoms with Crippen LogP contribution in [0.5, 0.6) is 0 Å². The monoisotopic (exact) mass is 391 g/mol. The zero-order valence-electron chi connectivity index (χ0n) is 16.9. The molecule has 1 saturated carbocycles. The fraction of sp³-hybridized carbons (Fsp3) is 0.417. The van der Waals surface area contributed by atoms with Crippen LogP contribution >= 0.6 is 0 Å². The Hall–Kier alpha value is -2.69. The van der Waals surface area contributed by atoms with E-state index in [1.54, 1.807) is 12.1 Å². The van der Waals surface area contributed by atoms with Crippen LogP contribution in [0.3, 0.4) is 0 Å². The second-order valence-electron chi connectivity index (χ2n) is 9.05. The van der Waals surface area contributed by atoms with Crippen molar-refractivity contribution in [3.05, 3.63) is 71.3 Å². The maximum Gasteiger partial charge on any atom is 0.253 e. The summed E-state index contributed by atoms with van der Waals surface area (Å²) in [6, 6.07) is 8.06. The van der Waals surface area contributed by atoms with Gasteiger partial charge in [-0.1, -0.05) is 19.1 Å². The highest BCUT2D eigenvalue weighted by Crippen LogP contribution is 2.56. The summed E-state index contributed by atoms with van der Waals surface area (Å²) in [4.78, 5) is 14.5. The van der Waals surface area contributed by atoms with Gasteiger partial charge in [-0.2, -0.15) is 5.10 Å². The van der Waals surface area contributed by atoms with Crippen molar-refractivity contribution >= 4 is 11.6 Å². The molecular formula is C24H26FN3O. The summed E-state index contributed by atoms with van der Waals surface area (Å²) in [5, 5.41) is 4.79. The van der Waals surface area contributed by atoms with Crippen LogP contribution in [-0.2, 0) is 0 Å². The standard InChI is InChI=1S/C24H26FN3O/c1-16-5-3-4-6-21(16)28-22(11-17(2)26-28)19-12-24(13-19)14-27(15-24)23(29)18-7-9-20(25)10-8-18/h3-4,6-11,16,19H,5,12-15H2,1-2H3. The van der Waals surface area contributed by atoms with E-state index in [0.29, 0.717) is 17.4 Å². The Labute approximate surface area is 170 Å². The molecule has 1 aromatic heterocycles. The summed E-state index contributed by atoms with van der Waals surface area (Å²) < 4.78 is 15.3. The molecule has 29 heavy (non-hydrogen) atoms. The van der Waals surface area contributed by atoms with E-state index >= 15 is 0 Å². The van der Waals surface area contributed by atoms with Crippen LogP contribution in [0, 0.1) is 24.1 Å². The van der Waals surface area contributed by atoms with Gasteiger partial charge in [0.05, 0.1) is 5.69 Å². The number of carbonyl (C=O) groups is 1. The Morgan fingerprint density at radius 2 is 1.93 bits per heavy atom. The van der Waals surface area contributed by atoms with Crippen LogP contribution in [0.1, 0.15) is 53.8 Å². The molecule has 5 rings (SSSR count). The maximum absolute atomic E-state index is 13.1. The number of likely N-dealkylation sites (tertiary alicyclic amines) is 1. The second-order valence-corrected chi connectivity index (χ2v) is 9.05. The SMILES string of the molecule is Cc1cc(C2CC3(C2)CN(C(=O)c2ccc(F)cc2)C3)n(C2=CC=CCC2C)n1. The lowest BCUT2D eigenvalue weighted by atomic mass is 9.57. The van der Waals surface area contributed by atoms with Crippen LogP contribution in [0.15, 0.2) is 48.6 Å². The molecule has 4 nitrogen and oxygen atoms in total. The molecular weight excluding hydrogens is 365 g/mol. The molecule has 3 aliphatic rings. The van der Waals surface area contributed by atoms with Gasteiger partial charge in [0.25, 0.3) is 5.91 Å². The molecule has 1 aliphatic heterocycles. The second kappa shape index (κ2) is 6.68. The summed E-state index contributed by atoms with van der Waals surface area (Å²) in [5.41, 5.74) is 4.46. The molecule has 1 spiro atoms. The lowest BCUT2D eigenvalue weighted by Crippen LogP contribution is -2.63. The summed E-state index contributed by atoms with van der Waals surface area (Å²) in [6.07, 6.45) is 9.78. The van der Waals surface area contributed by atoms with Crippen LogP contribution in [0.4, 0.5) is 4.39 Å². The van der Waals surface area contributed by atoms with Crippen molar-refractivity contribution in [3.63, 3.8) is 0 Å². The van der Waals surface area contributed by atoms with E-state index in [-0.39, 0.29) is 17.1 Å².